The number of benzene rings is 2. The van der Waals surface area contributed by atoms with Gasteiger partial charge in [-0.2, -0.15) is 0 Å². The fraction of sp³-hybridized carbons (Fsp3) is 0.357. The van der Waals surface area contributed by atoms with Gasteiger partial charge in [0, 0.05) is 18.2 Å². The Bertz CT molecular complexity index is 1270. The molecule has 1 heterocycles. The van der Waals surface area contributed by atoms with E-state index in [1.54, 1.807) is 24.3 Å². The van der Waals surface area contributed by atoms with Crippen molar-refractivity contribution in [2.45, 2.75) is 52.5 Å². The van der Waals surface area contributed by atoms with Crippen molar-refractivity contribution in [2.75, 3.05) is 17.7 Å². The molecule has 202 valence electrons. The molecule has 0 aliphatic heterocycles. The van der Waals surface area contributed by atoms with Crippen LogP contribution in [0.25, 0.3) is 0 Å². The van der Waals surface area contributed by atoms with Crippen LogP contribution in [0.15, 0.2) is 53.1 Å². The molecule has 0 saturated heterocycles. The first-order valence-corrected chi connectivity index (χ1v) is 12.4. The summed E-state index contributed by atoms with van der Waals surface area (Å²) in [6.07, 6.45) is 0.896. The van der Waals surface area contributed by atoms with Crippen molar-refractivity contribution >= 4 is 29.3 Å². The minimum absolute atomic E-state index is 0.0594. The van der Waals surface area contributed by atoms with E-state index in [1.165, 1.54) is 7.11 Å². The average Bonchev–Trinajstić information content (AvgIpc) is 3.33. The van der Waals surface area contributed by atoms with Gasteiger partial charge in [0.25, 0.3) is 0 Å². The van der Waals surface area contributed by atoms with E-state index < -0.39 is 12.0 Å². The quantitative estimate of drug-likeness (QED) is 0.259. The number of carboxylic acids is 1. The normalized spacial score (nSPS) is 11.6. The molecule has 0 aliphatic rings. The van der Waals surface area contributed by atoms with Crippen LogP contribution in [0.3, 0.4) is 0 Å². The number of hydrogen-bond donors (Lipinski definition) is 4. The second-order valence-corrected chi connectivity index (χ2v) is 9.47. The van der Waals surface area contributed by atoms with Gasteiger partial charge >= 0.3 is 12.0 Å². The largest absolute Gasteiger partial charge is 0.495 e. The molecular weight excluding hydrogens is 488 g/mol. The van der Waals surface area contributed by atoms with Crippen LogP contribution >= 0.6 is 0 Å². The molecule has 0 unspecified atom stereocenters. The third-order valence-corrected chi connectivity index (χ3v) is 5.83. The van der Waals surface area contributed by atoms with Gasteiger partial charge in [-0.05, 0) is 48.6 Å². The predicted molar refractivity (Wildman–Crippen MR) is 143 cm³/mol. The number of anilines is 2. The van der Waals surface area contributed by atoms with Crippen molar-refractivity contribution in [1.29, 1.82) is 0 Å². The number of aromatic nitrogens is 1. The van der Waals surface area contributed by atoms with Gasteiger partial charge in [-0.25, -0.2) is 4.79 Å². The monoisotopic (exact) mass is 522 g/mol. The Morgan fingerprint density at radius 1 is 1.05 bits per heavy atom. The zero-order valence-corrected chi connectivity index (χ0v) is 22.0. The summed E-state index contributed by atoms with van der Waals surface area (Å²) >= 11 is 0. The standard InChI is InChI=1S/C28H34N4O6/c1-17(2)13-23(24-16-20(38-32-24)10-12-27(34)35)29-26(33)15-19-9-11-22(25(14-19)37-4)31-28(36)30-21-8-6-5-7-18(21)3/h5-9,11,14,16-17,23H,10,12-13,15H2,1-4H3,(H,29,33)(H,34,35)(H2,30,31,36)/t23-/m0/s1. The van der Waals surface area contributed by atoms with Crippen LogP contribution in [0.4, 0.5) is 16.2 Å². The number of para-hydroxylation sites is 1. The molecule has 0 bridgehead atoms. The number of rotatable bonds is 12. The summed E-state index contributed by atoms with van der Waals surface area (Å²) in [5, 5.41) is 21.5. The van der Waals surface area contributed by atoms with Crippen LogP contribution in [-0.2, 0) is 22.4 Å². The number of hydrogen-bond acceptors (Lipinski definition) is 6. The number of carboxylic acid groups (broad SMARTS) is 1. The first-order valence-electron chi connectivity index (χ1n) is 12.4. The fourth-order valence-electron chi connectivity index (χ4n) is 3.93. The van der Waals surface area contributed by atoms with Gasteiger partial charge in [-0.15, -0.1) is 0 Å². The number of urea groups is 1. The zero-order chi connectivity index (χ0) is 27.7. The number of aryl methyl sites for hydroxylation is 2. The van der Waals surface area contributed by atoms with E-state index in [1.807, 2.05) is 45.0 Å². The van der Waals surface area contributed by atoms with E-state index in [0.717, 1.165) is 5.56 Å². The molecule has 1 atom stereocenters. The van der Waals surface area contributed by atoms with Gasteiger partial charge in [0.2, 0.25) is 5.91 Å². The van der Waals surface area contributed by atoms with Gasteiger partial charge in [0.05, 0.1) is 31.7 Å². The first-order chi connectivity index (χ1) is 18.1. The van der Waals surface area contributed by atoms with Crippen molar-refractivity contribution in [3.05, 3.63) is 71.1 Å². The molecule has 0 saturated carbocycles. The van der Waals surface area contributed by atoms with Gasteiger partial charge < -0.3 is 30.3 Å². The Kier molecular flexibility index (Phi) is 9.86. The van der Waals surface area contributed by atoms with Crippen LogP contribution in [0.5, 0.6) is 5.75 Å². The highest BCUT2D eigenvalue weighted by molar-refractivity contribution is 6.01. The van der Waals surface area contributed by atoms with Crippen LogP contribution in [-0.4, -0.2) is 35.3 Å². The molecule has 2 aromatic carbocycles. The van der Waals surface area contributed by atoms with E-state index in [0.29, 0.717) is 40.6 Å². The fourth-order valence-corrected chi connectivity index (χ4v) is 3.93. The molecule has 1 aromatic heterocycles. The van der Waals surface area contributed by atoms with Crippen LogP contribution in [0.1, 0.15) is 55.3 Å². The number of nitrogens with zero attached hydrogens (tertiary/aromatic N) is 1. The molecular formula is C28H34N4O6. The first kappa shape index (κ1) is 28.2. The molecule has 3 aromatic rings. The molecule has 38 heavy (non-hydrogen) atoms. The van der Waals surface area contributed by atoms with Gasteiger partial charge in [0.15, 0.2) is 0 Å². The Labute approximate surface area is 221 Å². The average molecular weight is 523 g/mol. The minimum Gasteiger partial charge on any atom is -0.495 e. The van der Waals surface area contributed by atoms with Crippen molar-refractivity contribution in [3.63, 3.8) is 0 Å². The number of carbonyl (C=O) groups excluding carboxylic acids is 2. The van der Waals surface area contributed by atoms with E-state index in [4.69, 9.17) is 14.4 Å². The van der Waals surface area contributed by atoms with E-state index in [-0.39, 0.29) is 37.1 Å². The SMILES string of the molecule is COc1cc(CC(=O)N[C@@H](CC(C)C)c2cc(CCC(=O)O)on2)ccc1NC(=O)Nc1ccccc1C. The van der Waals surface area contributed by atoms with Crippen molar-refractivity contribution < 1.29 is 28.8 Å². The summed E-state index contributed by atoms with van der Waals surface area (Å²) in [7, 11) is 1.49. The lowest BCUT2D eigenvalue weighted by Crippen LogP contribution is -2.31. The second kappa shape index (κ2) is 13.3. The van der Waals surface area contributed by atoms with Crippen molar-refractivity contribution in [2.24, 2.45) is 5.92 Å². The molecule has 3 rings (SSSR count). The van der Waals surface area contributed by atoms with Crippen molar-refractivity contribution in [1.82, 2.24) is 10.5 Å². The number of carbonyl (C=O) groups is 3. The van der Waals surface area contributed by atoms with Crippen molar-refractivity contribution in [3.8, 4) is 5.75 Å². The molecule has 3 amide bonds. The van der Waals surface area contributed by atoms with Crippen LogP contribution in [0, 0.1) is 12.8 Å². The van der Waals surface area contributed by atoms with E-state index in [2.05, 4.69) is 21.1 Å². The topological polar surface area (TPSA) is 143 Å². The maximum Gasteiger partial charge on any atom is 0.323 e. The highest BCUT2D eigenvalue weighted by Gasteiger charge is 2.21. The van der Waals surface area contributed by atoms with E-state index >= 15 is 0 Å². The molecule has 0 aliphatic carbocycles. The number of methoxy groups -OCH3 is 1. The Morgan fingerprint density at radius 3 is 2.47 bits per heavy atom. The number of amides is 3. The zero-order valence-electron chi connectivity index (χ0n) is 22.0. The smallest absolute Gasteiger partial charge is 0.323 e. The lowest BCUT2D eigenvalue weighted by atomic mass is 10.00. The van der Waals surface area contributed by atoms with Gasteiger partial charge in [-0.3, -0.25) is 9.59 Å². The molecule has 10 nitrogen and oxygen atoms in total. The van der Waals surface area contributed by atoms with Gasteiger partial charge in [-0.1, -0.05) is 43.3 Å². The Hall–Kier alpha value is -4.34. The van der Waals surface area contributed by atoms with Gasteiger partial charge in [0.1, 0.15) is 17.2 Å². The number of ether oxygens (including phenoxy) is 1. The highest BCUT2D eigenvalue weighted by atomic mass is 16.5. The molecule has 0 fully saturated rings. The summed E-state index contributed by atoms with van der Waals surface area (Å²) in [6.45, 7) is 5.98. The third-order valence-electron chi connectivity index (χ3n) is 5.83. The summed E-state index contributed by atoms with van der Waals surface area (Å²) in [6, 6.07) is 13.5. The molecule has 10 heteroatoms. The third kappa shape index (κ3) is 8.36. The maximum absolute atomic E-state index is 12.9. The Morgan fingerprint density at radius 2 is 1.79 bits per heavy atom. The number of nitrogens with one attached hydrogen (secondary N) is 3. The summed E-state index contributed by atoms with van der Waals surface area (Å²) in [5.41, 5.74) is 3.37. The highest BCUT2D eigenvalue weighted by Crippen LogP contribution is 2.27. The Balaban J connectivity index is 1.64. The summed E-state index contributed by atoms with van der Waals surface area (Å²) in [5.74, 6) is 0.0262. The predicted octanol–water partition coefficient (Wildman–Crippen LogP) is 5.10. The van der Waals surface area contributed by atoms with Crippen LogP contribution in [0.2, 0.25) is 0 Å². The summed E-state index contributed by atoms with van der Waals surface area (Å²) < 4.78 is 10.7. The van der Waals surface area contributed by atoms with E-state index in [9.17, 15) is 14.4 Å². The summed E-state index contributed by atoms with van der Waals surface area (Å²) in [4.78, 5) is 36.3. The maximum atomic E-state index is 12.9. The molecule has 4 N–H and O–H groups in total. The minimum atomic E-state index is -0.918. The lowest BCUT2D eigenvalue weighted by molar-refractivity contribution is -0.137. The molecule has 0 radical (unpaired) electrons. The second-order valence-electron chi connectivity index (χ2n) is 9.47. The lowest BCUT2D eigenvalue weighted by Gasteiger charge is -2.19. The molecule has 0 spiro atoms. The number of aliphatic carboxylic acids is 1. The van der Waals surface area contributed by atoms with Crippen LogP contribution < -0.4 is 20.7 Å².